The normalized spacial score (nSPS) is 22.8. The van der Waals surface area contributed by atoms with Gasteiger partial charge in [-0.1, -0.05) is 48.5 Å². The van der Waals surface area contributed by atoms with E-state index in [1.54, 1.807) is 0 Å². The fourth-order valence-corrected chi connectivity index (χ4v) is 5.30. The minimum atomic E-state index is -1.18. The lowest BCUT2D eigenvalue weighted by Crippen LogP contribution is -2.64. The molecule has 2 fully saturated rings. The minimum Gasteiger partial charge on any atom is -0.480 e. The highest BCUT2D eigenvalue weighted by molar-refractivity contribution is 5.94. The van der Waals surface area contributed by atoms with Crippen LogP contribution >= 0.6 is 0 Å². The van der Waals surface area contributed by atoms with E-state index in [0.717, 1.165) is 28.7 Å². The topological polar surface area (TPSA) is 116 Å². The standard InChI is InChI=1S/C25H26N2O6/c28-15-12-21(22(29)30)27(13-15)23(31)25(10-5-11-25)26-24(32)33-14-20-18-8-3-1-6-16(18)17-7-2-4-9-19(17)20/h1-4,6-9,15,20-21,28H,5,10-14H2,(H,26,32)(H,29,30). The molecule has 2 aromatic carbocycles. The van der Waals surface area contributed by atoms with Gasteiger partial charge >= 0.3 is 12.1 Å². The molecular weight excluding hydrogens is 424 g/mol. The van der Waals surface area contributed by atoms with Crippen LogP contribution in [0.15, 0.2) is 48.5 Å². The summed E-state index contributed by atoms with van der Waals surface area (Å²) < 4.78 is 5.59. The van der Waals surface area contributed by atoms with Gasteiger partial charge in [0.1, 0.15) is 18.2 Å². The maximum absolute atomic E-state index is 13.2. The molecule has 1 saturated heterocycles. The molecule has 33 heavy (non-hydrogen) atoms. The summed E-state index contributed by atoms with van der Waals surface area (Å²) in [5, 5.41) is 22.1. The third kappa shape index (κ3) is 3.64. The number of alkyl carbamates (subject to hydrolysis) is 1. The van der Waals surface area contributed by atoms with Crippen LogP contribution in [0.3, 0.4) is 0 Å². The highest BCUT2D eigenvalue weighted by Gasteiger charge is 2.52. The van der Waals surface area contributed by atoms with Crippen LogP contribution in [-0.4, -0.2) is 63.9 Å². The van der Waals surface area contributed by atoms with Gasteiger partial charge in [-0.15, -0.1) is 0 Å². The second kappa shape index (κ2) is 8.19. The zero-order valence-electron chi connectivity index (χ0n) is 18.1. The molecule has 0 spiro atoms. The van der Waals surface area contributed by atoms with E-state index >= 15 is 0 Å². The molecule has 172 valence electrons. The average molecular weight is 450 g/mol. The van der Waals surface area contributed by atoms with Crippen molar-refractivity contribution in [3.05, 3.63) is 59.7 Å². The number of amides is 2. The number of fused-ring (bicyclic) bond motifs is 3. The molecular formula is C25H26N2O6. The largest absolute Gasteiger partial charge is 0.480 e. The number of ether oxygens (including phenoxy) is 1. The Kier molecular flexibility index (Phi) is 5.32. The van der Waals surface area contributed by atoms with Crippen LogP contribution < -0.4 is 5.32 Å². The molecule has 2 aliphatic carbocycles. The number of aliphatic hydroxyl groups excluding tert-OH is 1. The number of hydrogen-bond donors (Lipinski definition) is 3. The molecule has 0 aromatic heterocycles. The summed E-state index contributed by atoms with van der Waals surface area (Å²) in [5.41, 5.74) is 3.26. The molecule has 2 unspecified atom stereocenters. The van der Waals surface area contributed by atoms with Crippen molar-refractivity contribution in [1.82, 2.24) is 10.2 Å². The second-order valence-electron chi connectivity index (χ2n) is 9.09. The van der Waals surface area contributed by atoms with Crippen LogP contribution in [0.25, 0.3) is 11.1 Å². The molecule has 2 aromatic rings. The Balaban J connectivity index is 1.28. The highest BCUT2D eigenvalue weighted by atomic mass is 16.5. The molecule has 2 amide bonds. The van der Waals surface area contributed by atoms with E-state index < -0.39 is 35.7 Å². The number of carbonyl (C=O) groups excluding carboxylic acids is 2. The Morgan fingerprint density at radius 1 is 1.03 bits per heavy atom. The predicted molar refractivity (Wildman–Crippen MR) is 119 cm³/mol. The van der Waals surface area contributed by atoms with Crippen LogP contribution in [0.2, 0.25) is 0 Å². The number of carboxylic acids is 1. The Labute approximate surface area is 191 Å². The number of aliphatic carboxylic acids is 1. The van der Waals surface area contributed by atoms with E-state index in [0.29, 0.717) is 12.8 Å². The number of nitrogens with zero attached hydrogens (tertiary/aromatic N) is 1. The molecule has 5 rings (SSSR count). The van der Waals surface area contributed by atoms with Crippen LogP contribution in [0, 0.1) is 0 Å². The number of carbonyl (C=O) groups is 3. The van der Waals surface area contributed by atoms with Crippen molar-refractivity contribution in [2.75, 3.05) is 13.2 Å². The van der Waals surface area contributed by atoms with Crippen molar-refractivity contribution in [1.29, 1.82) is 0 Å². The van der Waals surface area contributed by atoms with Crippen LogP contribution in [-0.2, 0) is 14.3 Å². The van der Waals surface area contributed by atoms with E-state index in [4.69, 9.17) is 4.74 Å². The van der Waals surface area contributed by atoms with Gasteiger partial charge in [-0.25, -0.2) is 9.59 Å². The maximum atomic E-state index is 13.2. The van der Waals surface area contributed by atoms with Crippen LogP contribution in [0.1, 0.15) is 42.7 Å². The first-order valence-corrected chi connectivity index (χ1v) is 11.2. The zero-order valence-corrected chi connectivity index (χ0v) is 18.1. The lowest BCUT2D eigenvalue weighted by Gasteiger charge is -2.43. The van der Waals surface area contributed by atoms with Gasteiger partial charge in [-0.2, -0.15) is 0 Å². The number of likely N-dealkylation sites (tertiary alicyclic amines) is 1. The predicted octanol–water partition coefficient (Wildman–Crippen LogP) is 2.49. The average Bonchev–Trinajstić information content (AvgIpc) is 3.33. The van der Waals surface area contributed by atoms with Gasteiger partial charge in [0, 0.05) is 18.9 Å². The summed E-state index contributed by atoms with van der Waals surface area (Å²) in [6, 6.07) is 15.0. The summed E-state index contributed by atoms with van der Waals surface area (Å²) >= 11 is 0. The molecule has 0 radical (unpaired) electrons. The van der Waals surface area contributed by atoms with Gasteiger partial charge in [0.15, 0.2) is 0 Å². The summed E-state index contributed by atoms with van der Waals surface area (Å²) in [4.78, 5) is 38.7. The van der Waals surface area contributed by atoms with Crippen molar-refractivity contribution < 1.29 is 29.3 Å². The molecule has 1 saturated carbocycles. The van der Waals surface area contributed by atoms with Gasteiger partial charge in [0.25, 0.3) is 0 Å². The van der Waals surface area contributed by atoms with Gasteiger partial charge in [-0.05, 0) is 41.5 Å². The van der Waals surface area contributed by atoms with Gasteiger partial charge in [0.2, 0.25) is 5.91 Å². The number of β-amino-alcohol motifs (C(OH)–C–C–N with tert-alkyl or cyclic N) is 1. The van der Waals surface area contributed by atoms with Crippen molar-refractivity contribution in [2.24, 2.45) is 0 Å². The highest BCUT2D eigenvalue weighted by Crippen LogP contribution is 2.44. The number of benzene rings is 2. The SMILES string of the molecule is O=C(NC1(C(=O)N2CC(O)CC2C(=O)O)CCC1)OCC1c2ccccc2-c2ccccc21. The Morgan fingerprint density at radius 2 is 1.64 bits per heavy atom. The van der Waals surface area contributed by atoms with Gasteiger partial charge < -0.3 is 25.2 Å². The molecule has 0 bridgehead atoms. The summed E-state index contributed by atoms with van der Waals surface area (Å²) in [7, 11) is 0. The van der Waals surface area contributed by atoms with Crippen LogP contribution in [0.5, 0.6) is 0 Å². The number of aliphatic hydroxyl groups is 1. The van der Waals surface area contributed by atoms with Crippen LogP contribution in [0.4, 0.5) is 4.79 Å². The molecule has 3 aliphatic rings. The number of nitrogens with one attached hydrogen (secondary N) is 1. The lowest BCUT2D eigenvalue weighted by atomic mass is 9.75. The quantitative estimate of drug-likeness (QED) is 0.645. The maximum Gasteiger partial charge on any atom is 0.408 e. The van der Waals surface area contributed by atoms with Crippen molar-refractivity contribution >= 4 is 18.0 Å². The lowest BCUT2D eigenvalue weighted by molar-refractivity contribution is -0.153. The Hall–Kier alpha value is -3.39. The minimum absolute atomic E-state index is 0.0118. The van der Waals surface area contributed by atoms with E-state index in [1.165, 1.54) is 4.90 Å². The molecule has 1 aliphatic heterocycles. The van der Waals surface area contributed by atoms with Gasteiger partial charge in [0.05, 0.1) is 6.10 Å². The first kappa shape index (κ1) is 21.5. The van der Waals surface area contributed by atoms with E-state index in [2.05, 4.69) is 17.4 Å². The summed E-state index contributed by atoms with van der Waals surface area (Å²) in [5.74, 6) is -1.72. The smallest absolute Gasteiger partial charge is 0.408 e. The molecule has 8 heteroatoms. The summed E-state index contributed by atoms with van der Waals surface area (Å²) in [6.45, 7) is 0.0776. The Morgan fingerprint density at radius 3 is 2.18 bits per heavy atom. The third-order valence-corrected chi connectivity index (χ3v) is 7.13. The summed E-state index contributed by atoms with van der Waals surface area (Å²) in [6.07, 6.45) is -0.0339. The zero-order chi connectivity index (χ0) is 23.2. The third-order valence-electron chi connectivity index (χ3n) is 7.13. The van der Waals surface area contributed by atoms with E-state index in [9.17, 15) is 24.6 Å². The fourth-order valence-electron chi connectivity index (χ4n) is 5.30. The van der Waals surface area contributed by atoms with E-state index in [1.807, 2.05) is 36.4 Å². The van der Waals surface area contributed by atoms with Crippen molar-refractivity contribution in [3.8, 4) is 11.1 Å². The first-order valence-electron chi connectivity index (χ1n) is 11.2. The molecule has 1 heterocycles. The number of hydrogen-bond acceptors (Lipinski definition) is 5. The Bertz CT molecular complexity index is 1070. The second-order valence-corrected chi connectivity index (χ2v) is 9.09. The van der Waals surface area contributed by atoms with Gasteiger partial charge in [-0.3, -0.25) is 4.79 Å². The van der Waals surface area contributed by atoms with Crippen molar-refractivity contribution in [2.45, 2.75) is 49.3 Å². The van der Waals surface area contributed by atoms with Crippen molar-refractivity contribution in [3.63, 3.8) is 0 Å². The monoisotopic (exact) mass is 450 g/mol. The van der Waals surface area contributed by atoms with E-state index in [-0.39, 0.29) is 25.5 Å². The molecule has 8 nitrogen and oxygen atoms in total. The number of carboxylic acid groups (broad SMARTS) is 1. The first-order chi connectivity index (χ1) is 15.9. The molecule has 2 atom stereocenters. The number of rotatable bonds is 5. The fraction of sp³-hybridized carbons (Fsp3) is 0.400. The molecule has 3 N–H and O–H groups in total.